The molecular formula is C20H19F2N5O. The molecule has 0 aliphatic carbocycles. The molecule has 6 nitrogen and oxygen atoms in total. The molecule has 0 amide bonds. The van der Waals surface area contributed by atoms with Crippen LogP contribution in [-0.4, -0.2) is 36.3 Å². The maximum Gasteiger partial charge on any atom is 0.229 e. The molecular weight excluding hydrogens is 364 g/mol. The second-order valence-electron chi connectivity index (χ2n) is 6.30. The van der Waals surface area contributed by atoms with Gasteiger partial charge in [-0.1, -0.05) is 18.2 Å². The van der Waals surface area contributed by atoms with Gasteiger partial charge in [-0.25, -0.2) is 13.8 Å². The van der Waals surface area contributed by atoms with Crippen LogP contribution >= 0.6 is 0 Å². The van der Waals surface area contributed by atoms with Gasteiger partial charge in [0.2, 0.25) is 5.95 Å². The molecule has 0 radical (unpaired) electrons. The number of para-hydroxylation sites is 1. The van der Waals surface area contributed by atoms with Crippen LogP contribution in [0.3, 0.4) is 0 Å². The van der Waals surface area contributed by atoms with Gasteiger partial charge in [-0.2, -0.15) is 4.98 Å². The summed E-state index contributed by atoms with van der Waals surface area (Å²) >= 11 is 0. The molecule has 0 saturated carbocycles. The minimum absolute atomic E-state index is 0.0357. The van der Waals surface area contributed by atoms with Crippen molar-refractivity contribution >= 4 is 28.8 Å². The summed E-state index contributed by atoms with van der Waals surface area (Å²) in [5.41, 5.74) is 1.93. The van der Waals surface area contributed by atoms with Crippen LogP contribution in [0.2, 0.25) is 0 Å². The summed E-state index contributed by atoms with van der Waals surface area (Å²) in [6.45, 7) is 2.60. The number of halogens is 2. The van der Waals surface area contributed by atoms with Crippen molar-refractivity contribution in [3.05, 3.63) is 66.4 Å². The second kappa shape index (κ2) is 8.18. The third-order valence-electron chi connectivity index (χ3n) is 4.30. The lowest BCUT2D eigenvalue weighted by molar-refractivity contribution is 0.122. The van der Waals surface area contributed by atoms with Gasteiger partial charge in [0.05, 0.1) is 19.4 Å². The normalized spacial score (nSPS) is 14.0. The van der Waals surface area contributed by atoms with Crippen LogP contribution in [0.4, 0.5) is 37.6 Å². The number of nitrogens with one attached hydrogen (secondary N) is 2. The lowest BCUT2D eigenvalue weighted by Crippen LogP contribution is -2.36. The van der Waals surface area contributed by atoms with Gasteiger partial charge in [0, 0.05) is 30.2 Å². The Morgan fingerprint density at radius 3 is 2.50 bits per heavy atom. The summed E-state index contributed by atoms with van der Waals surface area (Å²) < 4.78 is 33.5. The van der Waals surface area contributed by atoms with Gasteiger partial charge in [0.25, 0.3) is 0 Å². The first kappa shape index (κ1) is 18.1. The summed E-state index contributed by atoms with van der Waals surface area (Å²) in [6, 6.07) is 13.8. The van der Waals surface area contributed by atoms with Crippen LogP contribution in [0, 0.1) is 11.6 Å². The monoisotopic (exact) mass is 383 g/mol. The lowest BCUT2D eigenvalue weighted by atomic mass is 10.2. The summed E-state index contributed by atoms with van der Waals surface area (Å²) in [6.07, 6.45) is 1.07. The Labute approximate surface area is 161 Å². The first-order valence-corrected chi connectivity index (χ1v) is 8.92. The van der Waals surface area contributed by atoms with Gasteiger partial charge in [-0.3, -0.25) is 0 Å². The molecule has 2 aromatic carbocycles. The molecule has 0 atom stereocenters. The molecule has 144 valence electrons. The summed E-state index contributed by atoms with van der Waals surface area (Å²) in [4.78, 5) is 10.2. The fraction of sp³-hybridized carbons (Fsp3) is 0.200. The van der Waals surface area contributed by atoms with E-state index in [9.17, 15) is 8.78 Å². The lowest BCUT2D eigenvalue weighted by Gasteiger charge is -2.29. The average molecular weight is 383 g/mol. The Kier molecular flexibility index (Phi) is 5.29. The predicted molar refractivity (Wildman–Crippen MR) is 104 cm³/mol. The highest BCUT2D eigenvalue weighted by atomic mass is 19.1. The predicted octanol–water partition coefficient (Wildman–Crippen LogP) is 4.08. The van der Waals surface area contributed by atoms with Crippen molar-refractivity contribution < 1.29 is 13.5 Å². The Bertz CT molecular complexity index is 949. The van der Waals surface area contributed by atoms with Crippen molar-refractivity contribution in [3.63, 3.8) is 0 Å². The zero-order valence-corrected chi connectivity index (χ0v) is 15.0. The SMILES string of the molecule is Fc1cc(Nc2ncc(F)c(Nc3ccccc3)n2)cc(N2CCOCC2)c1. The Balaban J connectivity index is 1.55. The van der Waals surface area contributed by atoms with Gasteiger partial charge in [0.15, 0.2) is 11.6 Å². The molecule has 0 bridgehead atoms. The van der Waals surface area contributed by atoms with Crippen molar-refractivity contribution in [1.82, 2.24) is 9.97 Å². The van der Waals surface area contributed by atoms with Crippen LogP contribution < -0.4 is 15.5 Å². The topological polar surface area (TPSA) is 62.3 Å². The van der Waals surface area contributed by atoms with Gasteiger partial charge in [0.1, 0.15) is 5.82 Å². The van der Waals surface area contributed by atoms with Crippen LogP contribution in [0.15, 0.2) is 54.7 Å². The number of hydrogen-bond acceptors (Lipinski definition) is 6. The summed E-state index contributed by atoms with van der Waals surface area (Å²) in [7, 11) is 0. The van der Waals surface area contributed by atoms with E-state index < -0.39 is 5.82 Å². The molecule has 3 aromatic rings. The highest BCUT2D eigenvalue weighted by Crippen LogP contribution is 2.25. The number of morpholine rings is 1. The Hall–Kier alpha value is -3.26. The minimum Gasteiger partial charge on any atom is -0.378 e. The summed E-state index contributed by atoms with van der Waals surface area (Å²) in [5, 5.41) is 5.86. The quantitative estimate of drug-likeness (QED) is 0.692. The standard InChI is InChI=1S/C20H19F2N5O/c21-14-10-16(12-17(11-14)27-6-8-28-9-7-27)25-20-23-13-18(22)19(26-20)24-15-4-2-1-3-5-15/h1-5,10-13H,6-9H2,(H2,23,24,25,26). The van der Waals surface area contributed by atoms with E-state index in [2.05, 4.69) is 20.6 Å². The fourth-order valence-electron chi connectivity index (χ4n) is 2.95. The number of ether oxygens (including phenoxy) is 1. The molecule has 8 heteroatoms. The molecule has 0 spiro atoms. The number of nitrogens with zero attached hydrogens (tertiary/aromatic N) is 3. The third-order valence-corrected chi connectivity index (χ3v) is 4.30. The van der Waals surface area contributed by atoms with E-state index in [1.165, 1.54) is 12.1 Å². The maximum atomic E-state index is 14.1. The van der Waals surface area contributed by atoms with E-state index in [0.29, 0.717) is 37.7 Å². The van der Waals surface area contributed by atoms with E-state index in [4.69, 9.17) is 4.74 Å². The minimum atomic E-state index is -0.581. The van der Waals surface area contributed by atoms with Crippen molar-refractivity contribution in [1.29, 1.82) is 0 Å². The van der Waals surface area contributed by atoms with Crippen molar-refractivity contribution in [3.8, 4) is 0 Å². The van der Waals surface area contributed by atoms with Crippen LogP contribution in [0.5, 0.6) is 0 Å². The fourth-order valence-corrected chi connectivity index (χ4v) is 2.95. The van der Waals surface area contributed by atoms with Gasteiger partial charge < -0.3 is 20.3 Å². The molecule has 1 saturated heterocycles. The molecule has 2 N–H and O–H groups in total. The largest absolute Gasteiger partial charge is 0.378 e. The van der Waals surface area contributed by atoms with Crippen LogP contribution in [-0.2, 0) is 4.74 Å². The Morgan fingerprint density at radius 1 is 0.929 bits per heavy atom. The average Bonchev–Trinajstić information content (AvgIpc) is 2.71. The first-order chi connectivity index (χ1) is 13.7. The molecule has 1 fully saturated rings. The number of aromatic nitrogens is 2. The first-order valence-electron chi connectivity index (χ1n) is 8.92. The molecule has 1 aliphatic heterocycles. The van der Waals surface area contributed by atoms with Gasteiger partial charge in [-0.15, -0.1) is 0 Å². The highest BCUT2D eigenvalue weighted by Gasteiger charge is 2.14. The number of rotatable bonds is 5. The smallest absolute Gasteiger partial charge is 0.229 e. The summed E-state index contributed by atoms with van der Waals surface area (Å²) in [5.74, 6) is -0.759. The molecule has 4 rings (SSSR count). The molecule has 1 aromatic heterocycles. The zero-order chi connectivity index (χ0) is 19.3. The van der Waals surface area contributed by atoms with E-state index in [1.54, 1.807) is 12.1 Å². The van der Waals surface area contributed by atoms with Crippen molar-refractivity contribution in [2.45, 2.75) is 0 Å². The van der Waals surface area contributed by atoms with E-state index in [1.807, 2.05) is 29.2 Å². The molecule has 1 aliphatic rings. The highest BCUT2D eigenvalue weighted by molar-refractivity contribution is 5.64. The van der Waals surface area contributed by atoms with Gasteiger partial charge >= 0.3 is 0 Å². The zero-order valence-electron chi connectivity index (χ0n) is 15.0. The van der Waals surface area contributed by atoms with Gasteiger partial charge in [-0.05, 0) is 30.3 Å². The van der Waals surface area contributed by atoms with Crippen molar-refractivity contribution in [2.24, 2.45) is 0 Å². The molecule has 28 heavy (non-hydrogen) atoms. The number of anilines is 5. The van der Waals surface area contributed by atoms with E-state index in [-0.39, 0.29) is 17.6 Å². The Morgan fingerprint density at radius 2 is 1.71 bits per heavy atom. The number of hydrogen-bond donors (Lipinski definition) is 2. The second-order valence-corrected chi connectivity index (χ2v) is 6.30. The van der Waals surface area contributed by atoms with E-state index in [0.717, 1.165) is 11.9 Å². The third kappa shape index (κ3) is 4.34. The maximum absolute atomic E-state index is 14.1. The molecule has 0 unspecified atom stereocenters. The molecule has 2 heterocycles. The van der Waals surface area contributed by atoms with Crippen molar-refractivity contribution in [2.75, 3.05) is 41.8 Å². The van der Waals surface area contributed by atoms with Crippen LogP contribution in [0.25, 0.3) is 0 Å². The van der Waals surface area contributed by atoms with Crippen LogP contribution in [0.1, 0.15) is 0 Å². The number of benzene rings is 2. The van der Waals surface area contributed by atoms with E-state index >= 15 is 0 Å².